The molecular formula is C13H24N4S. The van der Waals surface area contributed by atoms with Crippen LogP contribution in [0.1, 0.15) is 31.7 Å². The first-order valence-corrected chi connectivity index (χ1v) is 8.03. The van der Waals surface area contributed by atoms with E-state index in [1.54, 1.807) is 0 Å². The summed E-state index contributed by atoms with van der Waals surface area (Å²) in [6.07, 6.45) is 3.27. The third-order valence-electron chi connectivity index (χ3n) is 3.75. The number of aryl methyl sites for hydroxylation is 2. The molecule has 18 heavy (non-hydrogen) atoms. The molecule has 1 aromatic heterocycles. The molecular weight excluding hydrogens is 244 g/mol. The second-order valence-electron chi connectivity index (χ2n) is 4.90. The van der Waals surface area contributed by atoms with Crippen LogP contribution >= 0.6 is 11.8 Å². The topological polar surface area (TPSA) is 55.9 Å². The molecule has 1 aliphatic heterocycles. The minimum Gasteiger partial charge on any atom is -0.271 e. The number of hydrogen-bond donors (Lipinski definition) is 2. The molecule has 0 aliphatic carbocycles. The Morgan fingerprint density at radius 2 is 2.44 bits per heavy atom. The van der Waals surface area contributed by atoms with Crippen LogP contribution in [-0.4, -0.2) is 27.3 Å². The number of thioether (sulfide) groups is 1. The number of rotatable bonds is 6. The van der Waals surface area contributed by atoms with E-state index in [0.29, 0.717) is 12.0 Å². The molecule has 0 aromatic carbocycles. The Morgan fingerprint density at radius 1 is 1.61 bits per heavy atom. The Kier molecular flexibility index (Phi) is 5.09. The fraction of sp³-hybridized carbons (Fsp3) is 0.769. The maximum atomic E-state index is 5.74. The van der Waals surface area contributed by atoms with Crippen LogP contribution in [0.4, 0.5) is 0 Å². The van der Waals surface area contributed by atoms with Gasteiger partial charge in [-0.15, -0.1) is 0 Å². The lowest BCUT2D eigenvalue weighted by Gasteiger charge is -2.22. The van der Waals surface area contributed by atoms with Gasteiger partial charge in [-0.05, 0) is 43.3 Å². The average Bonchev–Trinajstić information content (AvgIpc) is 3.04. The highest BCUT2D eigenvalue weighted by atomic mass is 32.2. The van der Waals surface area contributed by atoms with Crippen LogP contribution in [0.15, 0.2) is 6.07 Å². The summed E-state index contributed by atoms with van der Waals surface area (Å²) in [5.74, 6) is 8.95. The lowest BCUT2D eigenvalue weighted by Crippen LogP contribution is -2.43. The first kappa shape index (κ1) is 13.9. The number of aromatic nitrogens is 2. The van der Waals surface area contributed by atoms with Gasteiger partial charge in [-0.25, -0.2) is 0 Å². The quantitative estimate of drug-likeness (QED) is 0.608. The number of nitrogens with zero attached hydrogens (tertiary/aromatic N) is 2. The molecule has 0 radical (unpaired) electrons. The second kappa shape index (κ2) is 6.59. The van der Waals surface area contributed by atoms with Gasteiger partial charge >= 0.3 is 0 Å². The molecule has 0 saturated carbocycles. The van der Waals surface area contributed by atoms with E-state index >= 15 is 0 Å². The zero-order chi connectivity index (χ0) is 13.0. The number of nitrogens with two attached hydrogens (primary N) is 1. The summed E-state index contributed by atoms with van der Waals surface area (Å²) < 4.78 is 2.12. The zero-order valence-electron chi connectivity index (χ0n) is 11.4. The van der Waals surface area contributed by atoms with Crippen molar-refractivity contribution in [3.05, 3.63) is 17.5 Å². The van der Waals surface area contributed by atoms with Crippen LogP contribution in [0.3, 0.4) is 0 Å². The van der Waals surface area contributed by atoms with Gasteiger partial charge in [-0.2, -0.15) is 16.9 Å². The molecule has 2 rings (SSSR count). The van der Waals surface area contributed by atoms with Crippen molar-refractivity contribution in [2.24, 2.45) is 11.8 Å². The zero-order valence-corrected chi connectivity index (χ0v) is 12.2. The molecule has 1 fully saturated rings. The molecule has 1 aliphatic rings. The van der Waals surface area contributed by atoms with Crippen molar-refractivity contribution in [3.63, 3.8) is 0 Å². The van der Waals surface area contributed by atoms with Crippen molar-refractivity contribution in [2.45, 2.75) is 45.7 Å². The molecule has 3 N–H and O–H groups in total. The van der Waals surface area contributed by atoms with Crippen LogP contribution in [0.25, 0.3) is 0 Å². The first-order valence-electron chi connectivity index (χ1n) is 6.87. The summed E-state index contributed by atoms with van der Waals surface area (Å²) in [6.45, 7) is 5.23. The van der Waals surface area contributed by atoms with Gasteiger partial charge in [0.15, 0.2) is 0 Å². The lowest BCUT2D eigenvalue weighted by molar-refractivity contribution is 0.377. The number of nitrogens with one attached hydrogen (secondary N) is 1. The van der Waals surface area contributed by atoms with Gasteiger partial charge in [0.2, 0.25) is 0 Å². The van der Waals surface area contributed by atoms with E-state index in [1.165, 1.54) is 29.3 Å². The highest BCUT2D eigenvalue weighted by Crippen LogP contribution is 2.27. The molecule has 1 aromatic rings. The Labute approximate surface area is 114 Å². The van der Waals surface area contributed by atoms with Crippen molar-refractivity contribution >= 4 is 11.8 Å². The number of hydrazine groups is 1. The molecule has 0 amide bonds. The normalized spacial score (nSPS) is 21.4. The van der Waals surface area contributed by atoms with Gasteiger partial charge in [0.1, 0.15) is 0 Å². The maximum absolute atomic E-state index is 5.74. The van der Waals surface area contributed by atoms with Crippen LogP contribution in [0, 0.1) is 5.92 Å². The predicted octanol–water partition coefficient (Wildman–Crippen LogP) is 1.59. The Bertz CT molecular complexity index is 371. The van der Waals surface area contributed by atoms with Crippen molar-refractivity contribution < 1.29 is 0 Å². The van der Waals surface area contributed by atoms with Crippen LogP contribution < -0.4 is 11.3 Å². The molecule has 102 valence electrons. The summed E-state index contributed by atoms with van der Waals surface area (Å²) in [6, 6.07) is 2.61. The lowest BCUT2D eigenvalue weighted by atomic mass is 9.95. The largest absolute Gasteiger partial charge is 0.271 e. The molecule has 1 saturated heterocycles. The standard InChI is InChI=1S/C13H24N4S/c1-3-11-7-12(17(4-2)16-11)8-13(15-14)10-5-6-18-9-10/h7,10,13,15H,3-6,8-9,14H2,1-2H3. The third-order valence-corrected chi connectivity index (χ3v) is 4.94. The van der Waals surface area contributed by atoms with E-state index in [0.717, 1.165) is 19.4 Å². The molecule has 0 spiro atoms. The van der Waals surface area contributed by atoms with E-state index in [-0.39, 0.29) is 0 Å². The summed E-state index contributed by atoms with van der Waals surface area (Å²) in [7, 11) is 0. The highest BCUT2D eigenvalue weighted by molar-refractivity contribution is 7.99. The smallest absolute Gasteiger partial charge is 0.0624 e. The summed E-state index contributed by atoms with van der Waals surface area (Å²) in [5, 5.41) is 4.60. The third kappa shape index (κ3) is 3.08. The molecule has 5 heteroatoms. The van der Waals surface area contributed by atoms with Crippen molar-refractivity contribution in [2.75, 3.05) is 11.5 Å². The van der Waals surface area contributed by atoms with Gasteiger partial charge < -0.3 is 0 Å². The molecule has 0 bridgehead atoms. The average molecular weight is 268 g/mol. The maximum Gasteiger partial charge on any atom is 0.0624 e. The molecule has 4 nitrogen and oxygen atoms in total. The highest BCUT2D eigenvalue weighted by Gasteiger charge is 2.25. The van der Waals surface area contributed by atoms with E-state index in [2.05, 4.69) is 35.1 Å². The first-order chi connectivity index (χ1) is 8.78. The van der Waals surface area contributed by atoms with Gasteiger partial charge in [0.05, 0.1) is 5.69 Å². The minimum absolute atomic E-state index is 0.381. The van der Waals surface area contributed by atoms with E-state index in [4.69, 9.17) is 5.84 Å². The van der Waals surface area contributed by atoms with Crippen LogP contribution in [0.5, 0.6) is 0 Å². The number of hydrogen-bond acceptors (Lipinski definition) is 4. The fourth-order valence-electron chi connectivity index (χ4n) is 2.58. The SMILES string of the molecule is CCc1cc(CC(NN)C2CCSC2)n(CC)n1. The summed E-state index contributed by atoms with van der Waals surface area (Å²) in [4.78, 5) is 0. The fourth-order valence-corrected chi connectivity index (χ4v) is 3.92. The molecule has 2 heterocycles. The van der Waals surface area contributed by atoms with Gasteiger partial charge in [0.25, 0.3) is 0 Å². The predicted molar refractivity (Wildman–Crippen MR) is 77.5 cm³/mol. The van der Waals surface area contributed by atoms with Crippen molar-refractivity contribution in [3.8, 4) is 0 Å². The van der Waals surface area contributed by atoms with Crippen molar-refractivity contribution in [1.82, 2.24) is 15.2 Å². The molecule has 2 atom stereocenters. The van der Waals surface area contributed by atoms with Crippen LogP contribution in [0.2, 0.25) is 0 Å². The van der Waals surface area contributed by atoms with E-state index in [1.807, 2.05) is 11.8 Å². The van der Waals surface area contributed by atoms with Gasteiger partial charge in [0, 0.05) is 24.7 Å². The van der Waals surface area contributed by atoms with E-state index in [9.17, 15) is 0 Å². The Morgan fingerprint density at radius 3 is 3.00 bits per heavy atom. The summed E-state index contributed by atoms with van der Waals surface area (Å²) in [5.41, 5.74) is 5.51. The van der Waals surface area contributed by atoms with Crippen LogP contribution in [-0.2, 0) is 19.4 Å². The van der Waals surface area contributed by atoms with E-state index < -0.39 is 0 Å². The monoisotopic (exact) mass is 268 g/mol. The molecule has 2 unspecified atom stereocenters. The summed E-state index contributed by atoms with van der Waals surface area (Å²) >= 11 is 2.04. The minimum atomic E-state index is 0.381. The Hall–Kier alpha value is -0.520. The van der Waals surface area contributed by atoms with Gasteiger partial charge in [-0.3, -0.25) is 16.0 Å². The Balaban J connectivity index is 2.07. The second-order valence-corrected chi connectivity index (χ2v) is 6.05. The van der Waals surface area contributed by atoms with Gasteiger partial charge in [-0.1, -0.05) is 6.92 Å². The van der Waals surface area contributed by atoms with Crippen molar-refractivity contribution in [1.29, 1.82) is 0 Å².